The third-order valence-corrected chi connectivity index (χ3v) is 2.62. The van der Waals surface area contributed by atoms with E-state index in [0.29, 0.717) is 0 Å². The number of carbonyl (C=O) groups is 1. The number of aliphatic hydroxyl groups excluding tert-OH is 1. The topological polar surface area (TPSA) is 58.6 Å². The summed E-state index contributed by atoms with van der Waals surface area (Å²) in [5.41, 5.74) is 0. The van der Waals surface area contributed by atoms with Gasteiger partial charge < -0.3 is 15.2 Å². The Morgan fingerprint density at radius 3 is 2.77 bits per heavy atom. The lowest BCUT2D eigenvalue weighted by Gasteiger charge is -2.12. The molecule has 78 valence electrons. The zero-order valence-corrected chi connectivity index (χ0v) is 8.89. The van der Waals surface area contributed by atoms with Gasteiger partial charge in [0.25, 0.3) is 0 Å². The second-order valence-electron chi connectivity index (χ2n) is 2.49. The van der Waals surface area contributed by atoms with Gasteiger partial charge in [-0.15, -0.1) is 0 Å². The molecule has 13 heavy (non-hydrogen) atoms. The first kappa shape index (κ1) is 12.7. The molecule has 0 aliphatic rings. The number of ether oxygens (including phenoxy) is 1. The first-order chi connectivity index (χ1) is 6.26. The summed E-state index contributed by atoms with van der Waals surface area (Å²) in [5, 5.41) is 11.4. The van der Waals surface area contributed by atoms with Crippen molar-refractivity contribution in [3.05, 3.63) is 0 Å². The fourth-order valence-corrected chi connectivity index (χ4v) is 1.63. The van der Waals surface area contributed by atoms with E-state index in [4.69, 9.17) is 5.11 Å². The number of esters is 1. The van der Waals surface area contributed by atoms with Gasteiger partial charge in [-0.2, -0.15) is 11.8 Å². The van der Waals surface area contributed by atoms with Gasteiger partial charge in [-0.25, -0.2) is 0 Å². The SMILES string of the molecule is CNC(CCSCCO)C(=O)OC. The van der Waals surface area contributed by atoms with Crippen LogP contribution >= 0.6 is 11.8 Å². The summed E-state index contributed by atoms with van der Waals surface area (Å²) in [6.45, 7) is 0.188. The fourth-order valence-electron chi connectivity index (χ4n) is 0.890. The highest BCUT2D eigenvalue weighted by Crippen LogP contribution is 2.04. The van der Waals surface area contributed by atoms with Crippen LogP contribution in [0.15, 0.2) is 0 Å². The van der Waals surface area contributed by atoms with Gasteiger partial charge in [-0.05, 0) is 19.2 Å². The Bertz CT molecular complexity index is 143. The summed E-state index contributed by atoms with van der Waals surface area (Å²) in [6, 6.07) is -0.226. The molecular formula is C8H17NO3S. The Labute approximate surface area is 83.0 Å². The maximum Gasteiger partial charge on any atom is 0.322 e. The molecule has 0 aliphatic carbocycles. The Hall–Kier alpha value is -0.260. The van der Waals surface area contributed by atoms with Crippen LogP contribution in [0.3, 0.4) is 0 Å². The molecule has 0 amide bonds. The molecular weight excluding hydrogens is 190 g/mol. The van der Waals surface area contributed by atoms with Crippen molar-refractivity contribution in [2.24, 2.45) is 0 Å². The van der Waals surface area contributed by atoms with Crippen molar-refractivity contribution in [2.45, 2.75) is 12.5 Å². The Balaban J connectivity index is 3.53. The summed E-state index contributed by atoms with van der Waals surface area (Å²) in [5.74, 6) is 1.34. The van der Waals surface area contributed by atoms with Crippen molar-refractivity contribution in [3.8, 4) is 0 Å². The van der Waals surface area contributed by atoms with Gasteiger partial charge in [-0.1, -0.05) is 0 Å². The first-order valence-corrected chi connectivity index (χ1v) is 5.35. The van der Waals surface area contributed by atoms with Crippen molar-refractivity contribution >= 4 is 17.7 Å². The van der Waals surface area contributed by atoms with E-state index in [2.05, 4.69) is 10.1 Å². The normalized spacial score (nSPS) is 12.5. The second-order valence-corrected chi connectivity index (χ2v) is 3.71. The summed E-state index contributed by atoms with van der Waals surface area (Å²) in [6.07, 6.45) is 0.730. The largest absolute Gasteiger partial charge is 0.468 e. The van der Waals surface area contributed by atoms with Gasteiger partial charge in [0.1, 0.15) is 6.04 Å². The molecule has 0 aromatic rings. The number of rotatable bonds is 7. The summed E-state index contributed by atoms with van der Waals surface area (Å²) >= 11 is 1.63. The van der Waals surface area contributed by atoms with Gasteiger partial charge in [-0.3, -0.25) is 4.79 Å². The Kier molecular flexibility index (Phi) is 8.18. The minimum Gasteiger partial charge on any atom is -0.468 e. The smallest absolute Gasteiger partial charge is 0.322 e. The molecule has 0 rings (SSSR count). The molecule has 0 aliphatic heterocycles. The quantitative estimate of drug-likeness (QED) is 0.449. The van der Waals surface area contributed by atoms with E-state index in [1.807, 2.05) is 0 Å². The lowest BCUT2D eigenvalue weighted by Crippen LogP contribution is -2.35. The third-order valence-electron chi connectivity index (χ3n) is 1.62. The van der Waals surface area contributed by atoms with Crippen LogP contribution in [0, 0.1) is 0 Å². The molecule has 0 saturated carbocycles. The molecule has 1 atom stereocenters. The van der Waals surface area contributed by atoms with Gasteiger partial charge in [0, 0.05) is 5.75 Å². The van der Waals surface area contributed by atoms with E-state index in [0.717, 1.165) is 17.9 Å². The third kappa shape index (κ3) is 5.90. The standard InChI is InChI=1S/C8H17NO3S/c1-9-7(8(11)12-2)3-5-13-6-4-10/h7,9-10H,3-6H2,1-2H3. The van der Waals surface area contributed by atoms with Crippen LogP contribution in [0.5, 0.6) is 0 Å². The lowest BCUT2D eigenvalue weighted by atomic mass is 10.2. The molecule has 0 bridgehead atoms. The van der Waals surface area contributed by atoms with E-state index < -0.39 is 0 Å². The van der Waals surface area contributed by atoms with Gasteiger partial charge >= 0.3 is 5.97 Å². The van der Waals surface area contributed by atoms with Crippen molar-refractivity contribution in [1.82, 2.24) is 5.32 Å². The lowest BCUT2D eigenvalue weighted by molar-refractivity contribution is -0.143. The number of hydrogen-bond acceptors (Lipinski definition) is 5. The fraction of sp³-hybridized carbons (Fsp3) is 0.875. The first-order valence-electron chi connectivity index (χ1n) is 4.20. The van der Waals surface area contributed by atoms with Crippen LogP contribution in [0.1, 0.15) is 6.42 Å². The molecule has 0 aromatic carbocycles. The molecule has 0 aromatic heterocycles. The van der Waals surface area contributed by atoms with E-state index in [1.54, 1.807) is 18.8 Å². The predicted octanol–water partition coefficient (Wildman–Crippen LogP) is -0.137. The number of hydrogen-bond donors (Lipinski definition) is 2. The Morgan fingerprint density at radius 1 is 1.62 bits per heavy atom. The van der Waals surface area contributed by atoms with Gasteiger partial charge in [0.05, 0.1) is 13.7 Å². The van der Waals surface area contributed by atoms with E-state index >= 15 is 0 Å². The summed E-state index contributed by atoms with van der Waals surface area (Å²) in [7, 11) is 3.12. The predicted molar refractivity (Wildman–Crippen MR) is 53.9 cm³/mol. The number of nitrogens with one attached hydrogen (secondary N) is 1. The number of carbonyl (C=O) groups excluding carboxylic acids is 1. The Morgan fingerprint density at radius 2 is 2.31 bits per heavy atom. The van der Waals surface area contributed by atoms with Crippen LogP contribution in [0.25, 0.3) is 0 Å². The second kappa shape index (κ2) is 8.34. The van der Waals surface area contributed by atoms with Crippen molar-refractivity contribution in [3.63, 3.8) is 0 Å². The average Bonchev–Trinajstić information content (AvgIpc) is 2.17. The van der Waals surface area contributed by atoms with Crippen LogP contribution < -0.4 is 5.32 Å². The molecule has 5 heteroatoms. The molecule has 0 saturated heterocycles. The summed E-state index contributed by atoms with van der Waals surface area (Å²) < 4.78 is 4.60. The number of methoxy groups -OCH3 is 1. The highest BCUT2D eigenvalue weighted by Gasteiger charge is 2.15. The maximum absolute atomic E-state index is 11.1. The zero-order chi connectivity index (χ0) is 10.1. The number of likely N-dealkylation sites (N-methyl/N-ethyl adjacent to an activating group) is 1. The van der Waals surface area contributed by atoms with Gasteiger partial charge in [0.2, 0.25) is 0 Å². The number of thioether (sulfide) groups is 1. The van der Waals surface area contributed by atoms with Crippen molar-refractivity contribution < 1.29 is 14.6 Å². The average molecular weight is 207 g/mol. The van der Waals surface area contributed by atoms with Crippen LogP contribution in [-0.4, -0.2) is 49.4 Å². The van der Waals surface area contributed by atoms with Crippen LogP contribution in [0.4, 0.5) is 0 Å². The zero-order valence-electron chi connectivity index (χ0n) is 8.08. The highest BCUT2D eigenvalue weighted by atomic mass is 32.2. The van der Waals surface area contributed by atoms with Crippen molar-refractivity contribution in [1.29, 1.82) is 0 Å². The molecule has 2 N–H and O–H groups in total. The monoisotopic (exact) mass is 207 g/mol. The molecule has 0 spiro atoms. The highest BCUT2D eigenvalue weighted by molar-refractivity contribution is 7.99. The molecule has 4 nitrogen and oxygen atoms in total. The summed E-state index contributed by atoms with van der Waals surface area (Å²) in [4.78, 5) is 11.1. The molecule has 0 heterocycles. The van der Waals surface area contributed by atoms with E-state index in [-0.39, 0.29) is 18.6 Å². The van der Waals surface area contributed by atoms with Crippen molar-refractivity contribution in [2.75, 3.05) is 32.3 Å². The van der Waals surface area contributed by atoms with Crippen LogP contribution in [0.2, 0.25) is 0 Å². The molecule has 1 unspecified atom stereocenters. The van der Waals surface area contributed by atoms with Gasteiger partial charge in [0.15, 0.2) is 0 Å². The van der Waals surface area contributed by atoms with Crippen LogP contribution in [-0.2, 0) is 9.53 Å². The minimum atomic E-state index is -0.230. The van der Waals surface area contributed by atoms with E-state index in [9.17, 15) is 4.79 Å². The molecule has 0 fully saturated rings. The number of aliphatic hydroxyl groups is 1. The maximum atomic E-state index is 11.1. The minimum absolute atomic E-state index is 0.188. The molecule has 0 radical (unpaired) electrons. The van der Waals surface area contributed by atoms with E-state index in [1.165, 1.54) is 7.11 Å².